The van der Waals surface area contributed by atoms with Gasteiger partial charge in [0.2, 0.25) is 0 Å². The second-order valence-electron chi connectivity index (χ2n) is 4.97. The molecule has 0 bridgehead atoms. The highest BCUT2D eigenvalue weighted by atomic mass is 15.1. The van der Waals surface area contributed by atoms with Crippen molar-refractivity contribution in [2.75, 3.05) is 32.7 Å². The summed E-state index contributed by atoms with van der Waals surface area (Å²) in [7, 11) is 0. The first-order valence-electron chi connectivity index (χ1n) is 6.76. The Labute approximate surface area is 95.4 Å². The van der Waals surface area contributed by atoms with Gasteiger partial charge in [-0.3, -0.25) is 0 Å². The molecule has 2 heteroatoms. The lowest BCUT2D eigenvalue weighted by atomic mass is 10.1. The van der Waals surface area contributed by atoms with Crippen LogP contribution in [-0.4, -0.2) is 37.6 Å². The van der Waals surface area contributed by atoms with Crippen LogP contribution in [0.5, 0.6) is 0 Å². The van der Waals surface area contributed by atoms with Crippen LogP contribution in [0, 0.1) is 5.92 Å². The van der Waals surface area contributed by atoms with Gasteiger partial charge in [0.05, 0.1) is 0 Å². The Bertz CT molecular complexity index is 141. The predicted octanol–water partition coefficient (Wildman–Crippen LogP) is 2.50. The molecule has 1 aliphatic heterocycles. The summed E-state index contributed by atoms with van der Waals surface area (Å²) >= 11 is 0. The average molecular weight is 212 g/mol. The van der Waals surface area contributed by atoms with Crippen LogP contribution in [0.1, 0.15) is 46.0 Å². The minimum atomic E-state index is 0.837. The Morgan fingerprint density at radius 1 is 1.20 bits per heavy atom. The van der Waals surface area contributed by atoms with Crippen LogP contribution in [0.25, 0.3) is 0 Å². The van der Waals surface area contributed by atoms with Gasteiger partial charge in [-0.1, -0.05) is 20.3 Å². The molecule has 2 nitrogen and oxygen atoms in total. The maximum Gasteiger partial charge on any atom is -0.00183 e. The molecule has 15 heavy (non-hydrogen) atoms. The lowest BCUT2D eigenvalue weighted by Crippen LogP contribution is -2.24. The zero-order valence-electron chi connectivity index (χ0n) is 10.6. The third kappa shape index (κ3) is 6.16. The van der Waals surface area contributed by atoms with Crippen LogP contribution in [-0.2, 0) is 0 Å². The van der Waals surface area contributed by atoms with Crippen LogP contribution in [0.2, 0.25) is 0 Å². The van der Waals surface area contributed by atoms with Gasteiger partial charge in [0.1, 0.15) is 0 Å². The summed E-state index contributed by atoms with van der Waals surface area (Å²) in [6, 6.07) is 0. The van der Waals surface area contributed by atoms with E-state index >= 15 is 0 Å². The molecule has 0 spiro atoms. The predicted molar refractivity (Wildman–Crippen MR) is 67.2 cm³/mol. The van der Waals surface area contributed by atoms with Crippen molar-refractivity contribution in [2.45, 2.75) is 46.0 Å². The highest BCUT2D eigenvalue weighted by Crippen LogP contribution is 2.07. The van der Waals surface area contributed by atoms with Gasteiger partial charge in [0.15, 0.2) is 0 Å². The molecule has 0 aromatic heterocycles. The molecule has 1 saturated heterocycles. The largest absolute Gasteiger partial charge is 0.316 e. The summed E-state index contributed by atoms with van der Waals surface area (Å²) in [4.78, 5) is 2.61. The molecule has 1 fully saturated rings. The molecule has 1 aliphatic rings. The van der Waals surface area contributed by atoms with Crippen LogP contribution < -0.4 is 5.32 Å². The number of likely N-dealkylation sites (tertiary alicyclic amines) is 1. The Kier molecular flexibility index (Phi) is 7.03. The summed E-state index contributed by atoms with van der Waals surface area (Å²) in [5, 5.41) is 3.54. The maximum atomic E-state index is 3.54. The van der Waals surface area contributed by atoms with Crippen molar-refractivity contribution in [3.63, 3.8) is 0 Å². The van der Waals surface area contributed by atoms with E-state index in [0.29, 0.717) is 0 Å². The second-order valence-corrected chi connectivity index (χ2v) is 4.97. The average Bonchev–Trinajstić information content (AvgIpc) is 2.75. The molecule has 0 aromatic carbocycles. The van der Waals surface area contributed by atoms with Gasteiger partial charge < -0.3 is 10.2 Å². The Morgan fingerprint density at radius 3 is 2.60 bits per heavy atom. The first kappa shape index (κ1) is 13.0. The Morgan fingerprint density at radius 2 is 1.93 bits per heavy atom. The molecule has 1 unspecified atom stereocenters. The SMILES string of the molecule is CCC(C)CNCCCCN1CCCC1. The zero-order valence-corrected chi connectivity index (χ0v) is 10.6. The van der Waals surface area contributed by atoms with E-state index in [1.165, 1.54) is 64.8 Å². The van der Waals surface area contributed by atoms with Gasteiger partial charge in [0, 0.05) is 0 Å². The maximum absolute atomic E-state index is 3.54. The Balaban J connectivity index is 1.80. The first-order valence-corrected chi connectivity index (χ1v) is 6.76. The van der Waals surface area contributed by atoms with Crippen molar-refractivity contribution < 1.29 is 0 Å². The van der Waals surface area contributed by atoms with Crippen molar-refractivity contribution in [1.82, 2.24) is 10.2 Å². The molecule has 1 N–H and O–H groups in total. The number of rotatable bonds is 8. The fraction of sp³-hybridized carbons (Fsp3) is 1.00. The highest BCUT2D eigenvalue weighted by Gasteiger charge is 2.09. The Hall–Kier alpha value is -0.0800. The first-order chi connectivity index (χ1) is 7.33. The van der Waals surface area contributed by atoms with Gasteiger partial charge in [-0.05, 0) is 64.3 Å². The van der Waals surface area contributed by atoms with E-state index in [0.717, 1.165) is 5.92 Å². The molecular formula is C13H28N2. The van der Waals surface area contributed by atoms with E-state index in [-0.39, 0.29) is 0 Å². The van der Waals surface area contributed by atoms with Crippen LogP contribution in [0.4, 0.5) is 0 Å². The van der Waals surface area contributed by atoms with Gasteiger partial charge in [-0.25, -0.2) is 0 Å². The number of hydrogen-bond acceptors (Lipinski definition) is 2. The van der Waals surface area contributed by atoms with Gasteiger partial charge in [-0.15, -0.1) is 0 Å². The summed E-state index contributed by atoms with van der Waals surface area (Å²) in [5.41, 5.74) is 0. The molecule has 90 valence electrons. The summed E-state index contributed by atoms with van der Waals surface area (Å²) in [6.07, 6.45) is 6.85. The summed E-state index contributed by atoms with van der Waals surface area (Å²) in [6.45, 7) is 11.0. The van der Waals surface area contributed by atoms with Crippen molar-refractivity contribution in [3.8, 4) is 0 Å². The van der Waals surface area contributed by atoms with E-state index in [1.807, 2.05) is 0 Å². The van der Waals surface area contributed by atoms with Crippen LogP contribution in [0.3, 0.4) is 0 Å². The normalized spacial score (nSPS) is 19.6. The van der Waals surface area contributed by atoms with Crippen molar-refractivity contribution >= 4 is 0 Å². The molecule has 0 amide bonds. The zero-order chi connectivity index (χ0) is 10.9. The fourth-order valence-electron chi connectivity index (χ4n) is 2.08. The lowest BCUT2D eigenvalue weighted by Gasteiger charge is -2.14. The van der Waals surface area contributed by atoms with E-state index < -0.39 is 0 Å². The molecular weight excluding hydrogens is 184 g/mol. The number of nitrogens with one attached hydrogen (secondary N) is 1. The van der Waals surface area contributed by atoms with Gasteiger partial charge in [-0.2, -0.15) is 0 Å². The monoisotopic (exact) mass is 212 g/mol. The summed E-state index contributed by atoms with van der Waals surface area (Å²) < 4.78 is 0. The molecule has 1 atom stereocenters. The van der Waals surface area contributed by atoms with E-state index in [4.69, 9.17) is 0 Å². The minimum absolute atomic E-state index is 0.837. The molecule has 0 aromatic rings. The van der Waals surface area contributed by atoms with Crippen molar-refractivity contribution in [2.24, 2.45) is 5.92 Å². The third-order valence-electron chi connectivity index (χ3n) is 3.47. The number of hydrogen-bond donors (Lipinski definition) is 1. The number of unbranched alkanes of at least 4 members (excludes halogenated alkanes) is 1. The smallest absolute Gasteiger partial charge is 0.00183 e. The van der Waals surface area contributed by atoms with E-state index in [1.54, 1.807) is 0 Å². The number of nitrogens with zero attached hydrogens (tertiary/aromatic N) is 1. The highest BCUT2D eigenvalue weighted by molar-refractivity contribution is 4.66. The molecule has 1 heterocycles. The second kappa shape index (κ2) is 8.12. The standard InChI is InChI=1S/C13H28N2/c1-3-13(2)12-14-8-4-5-9-15-10-6-7-11-15/h13-14H,3-12H2,1-2H3. The van der Waals surface area contributed by atoms with Crippen LogP contribution in [0.15, 0.2) is 0 Å². The molecule has 0 radical (unpaired) electrons. The van der Waals surface area contributed by atoms with Crippen LogP contribution >= 0.6 is 0 Å². The van der Waals surface area contributed by atoms with Crippen molar-refractivity contribution in [3.05, 3.63) is 0 Å². The van der Waals surface area contributed by atoms with Crippen molar-refractivity contribution in [1.29, 1.82) is 0 Å². The molecule has 0 saturated carbocycles. The summed E-state index contributed by atoms with van der Waals surface area (Å²) in [5.74, 6) is 0.837. The molecule has 0 aliphatic carbocycles. The van der Waals surface area contributed by atoms with E-state index in [2.05, 4.69) is 24.1 Å². The fourth-order valence-corrected chi connectivity index (χ4v) is 2.08. The van der Waals surface area contributed by atoms with Gasteiger partial charge >= 0.3 is 0 Å². The third-order valence-corrected chi connectivity index (χ3v) is 3.47. The topological polar surface area (TPSA) is 15.3 Å². The molecule has 1 rings (SSSR count). The lowest BCUT2D eigenvalue weighted by molar-refractivity contribution is 0.328. The quantitative estimate of drug-likeness (QED) is 0.622. The van der Waals surface area contributed by atoms with E-state index in [9.17, 15) is 0 Å². The van der Waals surface area contributed by atoms with Gasteiger partial charge in [0.25, 0.3) is 0 Å². The minimum Gasteiger partial charge on any atom is -0.316 e.